The van der Waals surface area contributed by atoms with Crippen LogP contribution in [0, 0.1) is 0 Å². The molecule has 0 amide bonds. The number of alkyl halides is 1. The highest BCUT2D eigenvalue weighted by molar-refractivity contribution is 6.33. The third kappa shape index (κ3) is 2.13. The average Bonchev–Trinajstić information content (AvgIpc) is 2.70. The van der Waals surface area contributed by atoms with Gasteiger partial charge in [-0.25, -0.2) is 0 Å². The van der Waals surface area contributed by atoms with Crippen LogP contribution >= 0.6 is 23.2 Å². The van der Waals surface area contributed by atoms with Gasteiger partial charge in [-0.1, -0.05) is 11.6 Å². The summed E-state index contributed by atoms with van der Waals surface area (Å²) in [4.78, 5) is 0. The maximum atomic E-state index is 9.34. The SMILES string of the molecule is CC(Cl)c1nnc(-c2cc(O)ccc2Cl)o1. The second-order valence-corrected chi connectivity index (χ2v) is 4.29. The summed E-state index contributed by atoms with van der Waals surface area (Å²) in [5.74, 6) is 0.637. The van der Waals surface area contributed by atoms with Crippen LogP contribution in [0.2, 0.25) is 5.02 Å². The molecule has 0 spiro atoms. The Bertz CT molecular complexity index is 511. The maximum absolute atomic E-state index is 9.34. The van der Waals surface area contributed by atoms with E-state index in [0.29, 0.717) is 16.5 Å². The van der Waals surface area contributed by atoms with Crippen LogP contribution in [0.4, 0.5) is 0 Å². The minimum absolute atomic E-state index is 0.0815. The molecule has 1 unspecified atom stereocenters. The van der Waals surface area contributed by atoms with E-state index >= 15 is 0 Å². The van der Waals surface area contributed by atoms with Gasteiger partial charge in [0.1, 0.15) is 11.1 Å². The molecule has 0 aliphatic carbocycles. The minimum atomic E-state index is -0.364. The van der Waals surface area contributed by atoms with Crippen LogP contribution in [0.25, 0.3) is 11.5 Å². The number of phenolic OH excluding ortho intramolecular Hbond substituents is 1. The number of aromatic nitrogens is 2. The second kappa shape index (κ2) is 4.31. The van der Waals surface area contributed by atoms with E-state index in [1.165, 1.54) is 12.1 Å². The molecule has 6 heteroatoms. The molecule has 0 aliphatic heterocycles. The van der Waals surface area contributed by atoms with E-state index < -0.39 is 0 Å². The molecule has 2 rings (SSSR count). The van der Waals surface area contributed by atoms with Crippen molar-refractivity contribution in [3.63, 3.8) is 0 Å². The fraction of sp³-hybridized carbons (Fsp3) is 0.200. The largest absolute Gasteiger partial charge is 0.508 e. The molecule has 0 radical (unpaired) electrons. The zero-order valence-corrected chi connectivity index (χ0v) is 9.83. The van der Waals surface area contributed by atoms with Gasteiger partial charge in [-0.3, -0.25) is 0 Å². The Morgan fingerprint density at radius 2 is 2.12 bits per heavy atom. The van der Waals surface area contributed by atoms with Crippen molar-refractivity contribution in [2.45, 2.75) is 12.3 Å². The van der Waals surface area contributed by atoms with Gasteiger partial charge in [0.2, 0.25) is 11.8 Å². The lowest BCUT2D eigenvalue weighted by molar-refractivity contribution is 0.474. The molecule has 0 aliphatic rings. The van der Waals surface area contributed by atoms with Crippen molar-refractivity contribution in [2.24, 2.45) is 0 Å². The zero-order chi connectivity index (χ0) is 11.7. The molecule has 1 aromatic heterocycles. The number of hydrogen-bond acceptors (Lipinski definition) is 4. The molecular formula is C10H8Cl2N2O2. The predicted molar refractivity (Wildman–Crippen MR) is 60.7 cm³/mol. The van der Waals surface area contributed by atoms with Crippen LogP contribution in [0.3, 0.4) is 0 Å². The van der Waals surface area contributed by atoms with E-state index in [1.807, 2.05) is 0 Å². The minimum Gasteiger partial charge on any atom is -0.508 e. The van der Waals surface area contributed by atoms with Gasteiger partial charge >= 0.3 is 0 Å². The van der Waals surface area contributed by atoms with Crippen molar-refractivity contribution in [3.05, 3.63) is 29.1 Å². The van der Waals surface area contributed by atoms with Gasteiger partial charge in [0.25, 0.3) is 0 Å². The number of phenols is 1. The van der Waals surface area contributed by atoms with Gasteiger partial charge < -0.3 is 9.52 Å². The zero-order valence-electron chi connectivity index (χ0n) is 8.32. The molecule has 0 saturated carbocycles. The van der Waals surface area contributed by atoms with Gasteiger partial charge in [0, 0.05) is 0 Å². The molecule has 0 bridgehead atoms. The van der Waals surface area contributed by atoms with Crippen molar-refractivity contribution < 1.29 is 9.52 Å². The summed E-state index contributed by atoms with van der Waals surface area (Å²) in [7, 11) is 0. The van der Waals surface area contributed by atoms with Gasteiger partial charge in [-0.15, -0.1) is 21.8 Å². The molecule has 0 saturated heterocycles. The summed E-state index contributed by atoms with van der Waals surface area (Å²) in [5.41, 5.74) is 0.484. The van der Waals surface area contributed by atoms with Crippen molar-refractivity contribution in [3.8, 4) is 17.2 Å². The number of benzene rings is 1. The third-order valence-electron chi connectivity index (χ3n) is 1.96. The van der Waals surface area contributed by atoms with Crippen molar-refractivity contribution in [1.82, 2.24) is 10.2 Å². The van der Waals surface area contributed by atoms with Crippen molar-refractivity contribution >= 4 is 23.2 Å². The molecule has 1 N–H and O–H groups in total. The maximum Gasteiger partial charge on any atom is 0.249 e. The van der Waals surface area contributed by atoms with Gasteiger partial charge in [0.15, 0.2) is 0 Å². The molecule has 1 aromatic carbocycles. The molecule has 0 fully saturated rings. The first-order valence-corrected chi connectivity index (χ1v) is 5.35. The standard InChI is InChI=1S/C10H8Cl2N2O2/c1-5(11)9-13-14-10(16-9)7-4-6(15)2-3-8(7)12/h2-5,15H,1H3. The monoisotopic (exact) mass is 258 g/mol. The van der Waals surface area contributed by atoms with Gasteiger partial charge in [0.05, 0.1) is 10.6 Å². The molecule has 16 heavy (non-hydrogen) atoms. The van der Waals surface area contributed by atoms with E-state index in [9.17, 15) is 5.11 Å². The predicted octanol–water partition coefficient (Wildman–Crippen LogP) is 3.40. The first-order valence-electron chi connectivity index (χ1n) is 4.54. The smallest absolute Gasteiger partial charge is 0.249 e. The van der Waals surface area contributed by atoms with E-state index in [0.717, 1.165) is 0 Å². The Kier molecular flexibility index (Phi) is 3.03. The van der Waals surface area contributed by atoms with Crippen LogP contribution in [0.5, 0.6) is 5.75 Å². The Balaban J connectivity index is 2.46. The molecule has 4 nitrogen and oxygen atoms in total. The summed E-state index contributed by atoms with van der Waals surface area (Å²) >= 11 is 11.7. The normalized spacial score (nSPS) is 12.7. The van der Waals surface area contributed by atoms with E-state index in [4.69, 9.17) is 27.6 Å². The molecule has 2 aromatic rings. The summed E-state index contributed by atoms with van der Waals surface area (Å²) in [6.45, 7) is 1.73. The molecule has 84 valence electrons. The molecule has 1 atom stereocenters. The Hall–Kier alpha value is -1.26. The van der Waals surface area contributed by atoms with Crippen LogP contribution in [0.1, 0.15) is 18.2 Å². The van der Waals surface area contributed by atoms with E-state index in [1.54, 1.807) is 13.0 Å². The first kappa shape index (κ1) is 11.2. The van der Waals surface area contributed by atoms with Crippen molar-refractivity contribution in [2.75, 3.05) is 0 Å². The molecular weight excluding hydrogens is 251 g/mol. The fourth-order valence-corrected chi connectivity index (χ4v) is 1.47. The van der Waals surface area contributed by atoms with Gasteiger partial charge in [-0.05, 0) is 25.1 Å². The quantitative estimate of drug-likeness (QED) is 0.839. The number of nitrogens with zero attached hydrogens (tertiary/aromatic N) is 2. The number of halogens is 2. The second-order valence-electron chi connectivity index (χ2n) is 3.23. The van der Waals surface area contributed by atoms with Crippen LogP contribution in [-0.4, -0.2) is 15.3 Å². The Morgan fingerprint density at radius 1 is 1.38 bits per heavy atom. The highest BCUT2D eigenvalue weighted by Crippen LogP contribution is 2.31. The number of hydrogen-bond donors (Lipinski definition) is 1. The summed E-state index contributed by atoms with van der Waals surface area (Å²) in [5, 5.41) is 17.0. The highest BCUT2D eigenvalue weighted by Gasteiger charge is 2.15. The summed E-state index contributed by atoms with van der Waals surface area (Å²) < 4.78 is 5.32. The van der Waals surface area contributed by atoms with Crippen LogP contribution < -0.4 is 0 Å². The third-order valence-corrected chi connectivity index (χ3v) is 2.48. The lowest BCUT2D eigenvalue weighted by atomic mass is 10.2. The summed E-state index contributed by atoms with van der Waals surface area (Å²) in [6.07, 6.45) is 0. The first-order chi connectivity index (χ1) is 7.58. The van der Waals surface area contributed by atoms with Crippen LogP contribution in [0.15, 0.2) is 22.6 Å². The van der Waals surface area contributed by atoms with E-state index in [-0.39, 0.29) is 17.0 Å². The fourth-order valence-electron chi connectivity index (χ4n) is 1.18. The van der Waals surface area contributed by atoms with Crippen LogP contribution in [-0.2, 0) is 0 Å². The van der Waals surface area contributed by atoms with Gasteiger partial charge in [-0.2, -0.15) is 0 Å². The summed E-state index contributed by atoms with van der Waals surface area (Å²) in [6, 6.07) is 4.49. The lowest BCUT2D eigenvalue weighted by Crippen LogP contribution is -1.81. The Morgan fingerprint density at radius 3 is 2.75 bits per heavy atom. The molecule has 1 heterocycles. The number of aromatic hydroxyl groups is 1. The van der Waals surface area contributed by atoms with Crippen molar-refractivity contribution in [1.29, 1.82) is 0 Å². The van der Waals surface area contributed by atoms with E-state index in [2.05, 4.69) is 10.2 Å². The Labute approximate surface area is 102 Å². The number of rotatable bonds is 2. The lowest BCUT2D eigenvalue weighted by Gasteiger charge is -1.99. The highest BCUT2D eigenvalue weighted by atomic mass is 35.5. The topological polar surface area (TPSA) is 59.2 Å². The average molecular weight is 259 g/mol.